The normalized spacial score (nSPS) is 15.8. The number of hydrazine groups is 1. The Kier molecular flexibility index (Phi) is 5.32. The van der Waals surface area contributed by atoms with E-state index in [0.717, 1.165) is 10.6 Å². The van der Waals surface area contributed by atoms with Gasteiger partial charge in [-0.25, -0.2) is 8.42 Å². The molecule has 1 aromatic carbocycles. The number of sulfonamides is 1. The second-order valence-electron chi connectivity index (χ2n) is 5.59. The Morgan fingerprint density at radius 1 is 1.38 bits per heavy atom. The highest BCUT2D eigenvalue weighted by Crippen LogP contribution is 2.26. The Hall–Kier alpha value is -1.90. The van der Waals surface area contributed by atoms with Crippen LogP contribution in [0, 0.1) is 6.92 Å². The van der Waals surface area contributed by atoms with Crippen LogP contribution in [-0.4, -0.2) is 31.8 Å². The first-order valence-electron chi connectivity index (χ1n) is 7.20. The van der Waals surface area contributed by atoms with Crippen molar-refractivity contribution in [3.8, 4) is 0 Å². The van der Waals surface area contributed by atoms with Crippen LogP contribution in [-0.2, 0) is 19.6 Å². The molecule has 1 aromatic rings. The molecule has 0 bridgehead atoms. The van der Waals surface area contributed by atoms with E-state index in [0.29, 0.717) is 12.0 Å². The molecule has 3 N–H and O–H groups in total. The third-order valence-electron chi connectivity index (χ3n) is 3.74. The third kappa shape index (κ3) is 3.77. The summed E-state index contributed by atoms with van der Waals surface area (Å²) in [4.78, 5) is 25.7. The molecule has 2 amide bonds. The molecule has 9 heteroatoms. The van der Waals surface area contributed by atoms with Crippen molar-refractivity contribution in [1.82, 2.24) is 9.84 Å². The Morgan fingerprint density at radius 3 is 2.62 bits per heavy atom. The number of aryl methyl sites for hydroxylation is 1. The average Bonchev–Trinajstić information content (AvgIpc) is 2.46. The highest BCUT2D eigenvalue weighted by Gasteiger charge is 2.31. The van der Waals surface area contributed by atoms with Crippen LogP contribution in [0.25, 0.3) is 0 Å². The molecule has 0 aliphatic carbocycles. The lowest BCUT2D eigenvalue weighted by Crippen LogP contribution is -2.49. The van der Waals surface area contributed by atoms with Crippen molar-refractivity contribution >= 4 is 33.4 Å². The number of nitrogens with one attached hydrogen (secondary N) is 1. The predicted molar refractivity (Wildman–Crippen MR) is 89.4 cm³/mol. The summed E-state index contributed by atoms with van der Waals surface area (Å²) in [6.45, 7) is 3.50. The van der Waals surface area contributed by atoms with E-state index in [2.05, 4.69) is 4.83 Å². The number of hydrogen-bond donors (Lipinski definition) is 2. The van der Waals surface area contributed by atoms with Gasteiger partial charge in [-0.15, -0.1) is 4.83 Å². The highest BCUT2D eigenvalue weighted by atomic mass is 35.5. The maximum Gasteiger partial charge on any atom is 0.265 e. The lowest BCUT2D eigenvalue weighted by molar-refractivity contribution is -0.130. The van der Waals surface area contributed by atoms with Gasteiger partial charge in [0.2, 0.25) is 5.91 Å². The third-order valence-corrected chi connectivity index (χ3v) is 5.71. The Balaban J connectivity index is 2.31. The number of benzene rings is 1. The van der Waals surface area contributed by atoms with Crippen LogP contribution < -0.4 is 10.6 Å². The molecule has 0 spiro atoms. The molecule has 1 aliphatic rings. The standard InChI is InChI=1S/C15H18ClN3O4S/c1-9-6-7-19(15(21)11(9)8-13(17)20)18-24(22,23)14-10(2)4-3-5-12(14)16/h3-5,18H,6-8H2,1-2H3,(H2,17,20). The molecule has 1 aliphatic heterocycles. The van der Waals surface area contributed by atoms with Crippen molar-refractivity contribution in [2.75, 3.05) is 6.54 Å². The molecule has 0 saturated carbocycles. The summed E-state index contributed by atoms with van der Waals surface area (Å²) in [6.07, 6.45) is 0.215. The number of nitrogens with two attached hydrogens (primary N) is 1. The molecule has 0 aromatic heterocycles. The van der Waals surface area contributed by atoms with E-state index in [-0.39, 0.29) is 28.5 Å². The van der Waals surface area contributed by atoms with E-state index in [4.69, 9.17) is 17.3 Å². The van der Waals surface area contributed by atoms with E-state index < -0.39 is 21.8 Å². The van der Waals surface area contributed by atoms with E-state index >= 15 is 0 Å². The van der Waals surface area contributed by atoms with Crippen molar-refractivity contribution in [3.63, 3.8) is 0 Å². The molecule has 0 atom stereocenters. The van der Waals surface area contributed by atoms with Crippen molar-refractivity contribution in [1.29, 1.82) is 0 Å². The number of rotatable bonds is 5. The minimum atomic E-state index is -4.04. The topological polar surface area (TPSA) is 110 Å². The first-order valence-corrected chi connectivity index (χ1v) is 9.06. The molecule has 0 radical (unpaired) electrons. The lowest BCUT2D eigenvalue weighted by Gasteiger charge is -2.29. The van der Waals surface area contributed by atoms with Gasteiger partial charge in [0.15, 0.2) is 0 Å². The van der Waals surface area contributed by atoms with Crippen LogP contribution in [0.15, 0.2) is 34.2 Å². The van der Waals surface area contributed by atoms with E-state index in [1.807, 2.05) is 0 Å². The number of carbonyl (C=O) groups is 2. The van der Waals surface area contributed by atoms with Gasteiger partial charge in [-0.3, -0.25) is 14.6 Å². The summed E-state index contributed by atoms with van der Waals surface area (Å²) in [6, 6.07) is 4.71. The van der Waals surface area contributed by atoms with Crippen LogP contribution >= 0.6 is 11.6 Å². The molecule has 0 fully saturated rings. The van der Waals surface area contributed by atoms with Gasteiger partial charge in [-0.05, 0) is 31.9 Å². The quantitative estimate of drug-likeness (QED) is 0.811. The number of halogens is 1. The molecule has 2 rings (SSSR count). The summed E-state index contributed by atoms with van der Waals surface area (Å²) < 4.78 is 25.2. The molecule has 130 valence electrons. The molecule has 0 saturated heterocycles. The second-order valence-corrected chi connectivity index (χ2v) is 7.59. The van der Waals surface area contributed by atoms with Gasteiger partial charge >= 0.3 is 0 Å². The fraction of sp³-hybridized carbons (Fsp3) is 0.333. The Morgan fingerprint density at radius 2 is 2.04 bits per heavy atom. The van der Waals surface area contributed by atoms with Gasteiger partial charge in [0.05, 0.1) is 11.4 Å². The van der Waals surface area contributed by atoms with Crippen LogP contribution in [0.2, 0.25) is 5.02 Å². The van der Waals surface area contributed by atoms with Gasteiger partial charge in [-0.2, -0.15) is 0 Å². The van der Waals surface area contributed by atoms with Crippen molar-refractivity contribution in [2.45, 2.75) is 31.6 Å². The number of primary amides is 1. The van der Waals surface area contributed by atoms with Crippen molar-refractivity contribution < 1.29 is 18.0 Å². The van der Waals surface area contributed by atoms with Crippen LogP contribution in [0.5, 0.6) is 0 Å². The van der Waals surface area contributed by atoms with E-state index in [1.165, 1.54) is 6.07 Å². The summed E-state index contributed by atoms with van der Waals surface area (Å²) in [5, 5.41) is 1.04. The monoisotopic (exact) mass is 371 g/mol. The molecule has 1 heterocycles. The molecule has 7 nitrogen and oxygen atoms in total. The van der Waals surface area contributed by atoms with Gasteiger partial charge in [-0.1, -0.05) is 29.3 Å². The fourth-order valence-corrected chi connectivity index (χ4v) is 4.41. The van der Waals surface area contributed by atoms with Crippen molar-refractivity contribution in [3.05, 3.63) is 39.9 Å². The second kappa shape index (κ2) is 6.92. The number of carbonyl (C=O) groups excluding carboxylic acids is 2. The summed E-state index contributed by atoms with van der Waals surface area (Å²) >= 11 is 6.00. The molecular weight excluding hydrogens is 354 g/mol. The average molecular weight is 372 g/mol. The maximum absolute atomic E-state index is 12.6. The lowest BCUT2D eigenvalue weighted by atomic mass is 9.99. The minimum Gasteiger partial charge on any atom is -0.369 e. The predicted octanol–water partition coefficient (Wildman–Crippen LogP) is 1.27. The number of nitrogens with zero attached hydrogens (tertiary/aromatic N) is 1. The largest absolute Gasteiger partial charge is 0.369 e. The fourth-order valence-electron chi connectivity index (χ4n) is 2.51. The van der Waals surface area contributed by atoms with E-state index in [9.17, 15) is 18.0 Å². The summed E-state index contributed by atoms with van der Waals surface area (Å²) in [5.74, 6) is -1.23. The summed E-state index contributed by atoms with van der Waals surface area (Å²) in [7, 11) is -4.04. The van der Waals surface area contributed by atoms with Crippen LogP contribution in [0.1, 0.15) is 25.3 Å². The van der Waals surface area contributed by atoms with Gasteiger partial charge in [0.25, 0.3) is 15.9 Å². The van der Waals surface area contributed by atoms with Gasteiger partial charge in [0, 0.05) is 12.1 Å². The van der Waals surface area contributed by atoms with E-state index in [1.54, 1.807) is 26.0 Å². The Labute approximate surface area is 145 Å². The smallest absolute Gasteiger partial charge is 0.265 e. The molecule has 24 heavy (non-hydrogen) atoms. The van der Waals surface area contributed by atoms with Crippen LogP contribution in [0.3, 0.4) is 0 Å². The minimum absolute atomic E-state index is 0.0658. The zero-order valence-corrected chi connectivity index (χ0v) is 14.9. The SMILES string of the molecule is CC1=C(CC(N)=O)C(=O)N(NS(=O)(=O)c2c(C)cccc2Cl)CC1. The van der Waals surface area contributed by atoms with Crippen LogP contribution in [0.4, 0.5) is 0 Å². The first-order chi connectivity index (χ1) is 11.1. The maximum atomic E-state index is 12.6. The highest BCUT2D eigenvalue weighted by molar-refractivity contribution is 7.89. The number of amides is 2. The van der Waals surface area contributed by atoms with Gasteiger partial charge < -0.3 is 5.73 Å². The molecule has 0 unspecified atom stereocenters. The Bertz CT molecular complexity index is 813. The molecular formula is C15H18ClN3O4S. The van der Waals surface area contributed by atoms with Crippen molar-refractivity contribution in [2.24, 2.45) is 5.73 Å². The number of hydrogen-bond acceptors (Lipinski definition) is 4. The summed E-state index contributed by atoms with van der Waals surface area (Å²) in [5.41, 5.74) is 6.55. The first kappa shape index (κ1) is 18.4. The zero-order valence-electron chi connectivity index (χ0n) is 13.3. The van der Waals surface area contributed by atoms with Gasteiger partial charge in [0.1, 0.15) is 4.90 Å². The zero-order chi connectivity index (χ0) is 18.1.